The number of nitrogens with zero attached hydrogens (tertiary/aromatic N) is 2. The van der Waals surface area contributed by atoms with Crippen LogP contribution in [-0.4, -0.2) is 61.5 Å². The van der Waals surface area contributed by atoms with Crippen LogP contribution in [0.3, 0.4) is 0 Å². The molecule has 0 radical (unpaired) electrons. The zero-order valence-electron chi connectivity index (χ0n) is 33.2. The molecule has 0 unspecified atom stereocenters. The highest BCUT2D eigenvalue weighted by molar-refractivity contribution is 7.22. The van der Waals surface area contributed by atoms with E-state index in [2.05, 4.69) is 28.7 Å². The van der Waals surface area contributed by atoms with Gasteiger partial charge in [-0.1, -0.05) is 36.6 Å². The topological polar surface area (TPSA) is 161 Å². The summed E-state index contributed by atoms with van der Waals surface area (Å²) in [6.07, 6.45) is 10.6. The van der Waals surface area contributed by atoms with E-state index in [1.165, 1.54) is 23.6 Å². The van der Waals surface area contributed by atoms with Crippen molar-refractivity contribution >= 4 is 56.8 Å². The number of carbonyl (C=O) groups excluding carboxylic acids is 4. The summed E-state index contributed by atoms with van der Waals surface area (Å²) in [6.45, 7) is 8.48. The maximum atomic E-state index is 13.4. The maximum Gasteiger partial charge on any atom is 0.343 e. The fourth-order valence-corrected chi connectivity index (χ4v) is 6.32. The minimum absolute atomic E-state index is 0.112. The summed E-state index contributed by atoms with van der Waals surface area (Å²) in [5.41, 5.74) is 4.79. The summed E-state index contributed by atoms with van der Waals surface area (Å²) in [6, 6.07) is 25.6. The Kier molecular flexibility index (Phi) is 17.9. The number of thiazole rings is 1. The number of hydrogen-bond acceptors (Lipinski definition) is 14. The van der Waals surface area contributed by atoms with E-state index < -0.39 is 23.9 Å². The van der Waals surface area contributed by atoms with Crippen LogP contribution in [0.1, 0.15) is 77.6 Å². The van der Waals surface area contributed by atoms with Gasteiger partial charge in [-0.3, -0.25) is 5.43 Å². The Balaban J connectivity index is 1.16. The van der Waals surface area contributed by atoms with Crippen molar-refractivity contribution in [2.45, 2.75) is 51.4 Å². The van der Waals surface area contributed by atoms with Crippen LogP contribution in [0.25, 0.3) is 10.2 Å². The molecule has 0 saturated carbocycles. The third kappa shape index (κ3) is 14.9. The number of fused-ring (bicyclic) bond motifs is 1. The molecule has 4 aromatic carbocycles. The lowest BCUT2D eigenvalue weighted by Gasteiger charge is -2.11. The van der Waals surface area contributed by atoms with E-state index in [0.717, 1.165) is 73.7 Å². The third-order valence-corrected chi connectivity index (χ3v) is 9.61. The largest absolute Gasteiger partial charge is 0.494 e. The first-order valence-electron chi connectivity index (χ1n) is 19.6. The van der Waals surface area contributed by atoms with E-state index in [4.69, 9.17) is 28.4 Å². The van der Waals surface area contributed by atoms with E-state index in [-0.39, 0.29) is 17.1 Å². The van der Waals surface area contributed by atoms with Crippen molar-refractivity contribution in [3.63, 3.8) is 0 Å². The van der Waals surface area contributed by atoms with Gasteiger partial charge in [0.1, 0.15) is 23.0 Å². The molecule has 0 saturated heterocycles. The summed E-state index contributed by atoms with van der Waals surface area (Å²) < 4.78 is 34.1. The van der Waals surface area contributed by atoms with E-state index in [1.807, 2.05) is 24.3 Å². The molecule has 0 aliphatic rings. The first kappa shape index (κ1) is 44.3. The monoisotopic (exact) mass is 833 g/mol. The number of rotatable bonds is 25. The molecular weight excluding hydrogens is 787 g/mol. The molecule has 14 heteroatoms. The molecular formula is C46H47N3O10S. The highest BCUT2D eigenvalue weighted by Crippen LogP contribution is 2.28. The van der Waals surface area contributed by atoms with Crippen molar-refractivity contribution < 1.29 is 47.6 Å². The second-order valence-corrected chi connectivity index (χ2v) is 14.2. The summed E-state index contributed by atoms with van der Waals surface area (Å²) >= 11 is 1.44. The first-order valence-corrected chi connectivity index (χ1v) is 20.4. The standard InChI is InChI=1S/C46H47N3O10S/c1-3-42(50)56-29-13-7-5-11-27-54-36-22-17-33(18-23-36)44(52)58-38-26-21-35(32-47-49-46-48-39-15-9-10-16-41(39)60-46)40(31-38)59-45(53)34-19-24-37(25-20-34)55-28-12-6-8-14-30-57-43(51)4-2/h3-4,9-10,15-26,31-32H,1-2,5-8,11-14,27-30H2,(H,48,49)/b47-32+. The van der Waals surface area contributed by atoms with Gasteiger partial charge in [0.2, 0.25) is 5.13 Å². The highest BCUT2D eigenvalue weighted by atomic mass is 32.1. The van der Waals surface area contributed by atoms with Crippen LogP contribution in [-0.2, 0) is 19.1 Å². The normalized spacial score (nSPS) is 10.8. The second-order valence-electron chi connectivity index (χ2n) is 13.2. The van der Waals surface area contributed by atoms with Gasteiger partial charge in [-0.05, 0) is 124 Å². The van der Waals surface area contributed by atoms with Gasteiger partial charge in [0.15, 0.2) is 0 Å². The molecule has 60 heavy (non-hydrogen) atoms. The fraction of sp³-hybridized carbons (Fsp3) is 0.261. The van der Waals surface area contributed by atoms with Crippen LogP contribution < -0.4 is 24.4 Å². The molecule has 5 rings (SSSR count). The number of nitrogens with one attached hydrogen (secondary N) is 1. The highest BCUT2D eigenvalue weighted by Gasteiger charge is 2.16. The van der Waals surface area contributed by atoms with Crippen LogP contribution in [0.2, 0.25) is 0 Å². The number of anilines is 1. The number of para-hydroxylation sites is 1. The van der Waals surface area contributed by atoms with Gasteiger partial charge in [0.25, 0.3) is 0 Å². The predicted octanol–water partition coefficient (Wildman–Crippen LogP) is 9.52. The quantitative estimate of drug-likeness (QED) is 0.0148. The number of hydrogen-bond donors (Lipinski definition) is 1. The third-order valence-electron chi connectivity index (χ3n) is 8.67. The molecule has 0 fully saturated rings. The average Bonchev–Trinajstić information content (AvgIpc) is 3.69. The number of unbranched alkanes of at least 4 members (excludes halogenated alkanes) is 6. The molecule has 1 N–H and O–H groups in total. The van der Waals surface area contributed by atoms with Crippen molar-refractivity contribution in [3.8, 4) is 23.0 Å². The summed E-state index contributed by atoms with van der Waals surface area (Å²) in [5, 5.41) is 4.91. The predicted molar refractivity (Wildman–Crippen MR) is 230 cm³/mol. The van der Waals surface area contributed by atoms with Crippen molar-refractivity contribution in [2.24, 2.45) is 5.10 Å². The van der Waals surface area contributed by atoms with Crippen LogP contribution in [0.5, 0.6) is 23.0 Å². The molecule has 0 aliphatic carbocycles. The molecule has 0 aliphatic heterocycles. The summed E-state index contributed by atoms with van der Waals surface area (Å²) in [4.78, 5) is 53.3. The van der Waals surface area contributed by atoms with E-state index in [0.29, 0.717) is 54.2 Å². The van der Waals surface area contributed by atoms with Crippen molar-refractivity contribution in [3.05, 3.63) is 133 Å². The van der Waals surface area contributed by atoms with Gasteiger partial charge in [-0.15, -0.1) is 0 Å². The molecule has 0 bridgehead atoms. The summed E-state index contributed by atoms with van der Waals surface area (Å²) in [7, 11) is 0. The molecule has 0 atom stereocenters. The van der Waals surface area contributed by atoms with Gasteiger partial charge in [-0.25, -0.2) is 24.2 Å². The smallest absolute Gasteiger partial charge is 0.343 e. The maximum absolute atomic E-state index is 13.4. The molecule has 13 nitrogen and oxygen atoms in total. The van der Waals surface area contributed by atoms with Gasteiger partial charge in [0.05, 0.1) is 54.0 Å². The van der Waals surface area contributed by atoms with Gasteiger partial charge in [-0.2, -0.15) is 5.10 Å². The van der Waals surface area contributed by atoms with Crippen LogP contribution in [0.4, 0.5) is 5.13 Å². The Labute approximate surface area is 352 Å². The van der Waals surface area contributed by atoms with E-state index in [9.17, 15) is 19.2 Å². The molecule has 1 heterocycles. The number of aromatic nitrogens is 1. The zero-order valence-corrected chi connectivity index (χ0v) is 34.0. The zero-order chi connectivity index (χ0) is 42.4. The number of hydrazone groups is 1. The van der Waals surface area contributed by atoms with Crippen LogP contribution >= 0.6 is 11.3 Å². The van der Waals surface area contributed by atoms with Crippen LogP contribution in [0.15, 0.2) is 121 Å². The van der Waals surface area contributed by atoms with Crippen molar-refractivity contribution in [1.29, 1.82) is 0 Å². The van der Waals surface area contributed by atoms with E-state index >= 15 is 0 Å². The van der Waals surface area contributed by atoms with Crippen molar-refractivity contribution in [2.75, 3.05) is 31.9 Å². The number of benzene rings is 4. The van der Waals surface area contributed by atoms with E-state index in [1.54, 1.807) is 60.7 Å². The first-order chi connectivity index (χ1) is 29.3. The average molecular weight is 834 g/mol. The fourth-order valence-electron chi connectivity index (χ4n) is 5.51. The van der Waals surface area contributed by atoms with Gasteiger partial charge >= 0.3 is 23.9 Å². The molecule has 1 aromatic heterocycles. The SMILES string of the molecule is C=CC(=O)OCCCCCCOc1ccc(C(=O)Oc2ccc(/C=N/Nc3nc4ccccc4s3)c(OC(=O)c3ccc(OCCCCCCOC(=O)C=C)cc3)c2)cc1. The lowest BCUT2D eigenvalue weighted by atomic mass is 10.2. The second kappa shape index (κ2) is 24.2. The Hall–Kier alpha value is -6.80. The van der Waals surface area contributed by atoms with Crippen molar-refractivity contribution in [1.82, 2.24) is 4.98 Å². The van der Waals surface area contributed by atoms with Gasteiger partial charge in [0, 0.05) is 23.8 Å². The molecule has 0 spiro atoms. The Morgan fingerprint density at radius 3 is 1.68 bits per heavy atom. The van der Waals surface area contributed by atoms with Crippen LogP contribution in [0, 0.1) is 0 Å². The lowest BCUT2D eigenvalue weighted by Crippen LogP contribution is -2.12. The number of ether oxygens (including phenoxy) is 6. The minimum Gasteiger partial charge on any atom is -0.494 e. The number of esters is 4. The Bertz CT molecular complexity index is 2200. The Morgan fingerprint density at radius 2 is 1.13 bits per heavy atom. The molecule has 0 amide bonds. The minimum atomic E-state index is -0.638. The Morgan fingerprint density at radius 1 is 0.617 bits per heavy atom. The lowest BCUT2D eigenvalue weighted by molar-refractivity contribution is -0.138. The van der Waals surface area contributed by atoms with Gasteiger partial charge < -0.3 is 28.4 Å². The summed E-state index contributed by atoms with van der Waals surface area (Å²) in [5.74, 6) is -0.607. The molecule has 5 aromatic rings. The molecule has 312 valence electrons. The number of carbonyl (C=O) groups is 4.